The van der Waals surface area contributed by atoms with Crippen LogP contribution in [0, 0.1) is 0 Å². The summed E-state index contributed by atoms with van der Waals surface area (Å²) < 4.78 is 0. The molecular formula is C11H9ClN4OS. The van der Waals surface area contributed by atoms with E-state index in [-0.39, 0.29) is 5.84 Å². The van der Waals surface area contributed by atoms with Crippen LogP contribution in [0.4, 0.5) is 0 Å². The quantitative estimate of drug-likeness (QED) is 0.296. The Morgan fingerprint density at radius 2 is 2.22 bits per heavy atom. The number of amidine groups is 1. The van der Waals surface area contributed by atoms with E-state index in [9.17, 15) is 0 Å². The lowest BCUT2D eigenvalue weighted by molar-refractivity contribution is 0.318. The van der Waals surface area contributed by atoms with Gasteiger partial charge in [0, 0.05) is 16.7 Å². The van der Waals surface area contributed by atoms with Gasteiger partial charge in [-0.05, 0) is 24.3 Å². The molecule has 0 aliphatic heterocycles. The number of nitrogens with two attached hydrogens (primary N) is 1. The maximum Gasteiger partial charge on any atom is 0.170 e. The highest BCUT2D eigenvalue weighted by Gasteiger charge is 2.07. The van der Waals surface area contributed by atoms with Crippen LogP contribution in [0.25, 0.3) is 0 Å². The molecule has 1 aromatic heterocycles. The molecule has 0 unspecified atom stereocenters. The van der Waals surface area contributed by atoms with Crippen molar-refractivity contribution in [3.05, 3.63) is 47.4 Å². The van der Waals surface area contributed by atoms with E-state index >= 15 is 0 Å². The standard InChI is InChI=1S/C11H9ClN4OS/c12-8-5-7(11(13)16-17)1-2-9(8)18-10-3-4-14-6-15-10/h1-6,17H,(H2,13,16). The Balaban J connectivity index is 2.26. The number of rotatable bonds is 3. The van der Waals surface area contributed by atoms with Gasteiger partial charge in [0.1, 0.15) is 11.4 Å². The second-order valence-corrected chi connectivity index (χ2v) is 4.75. The lowest BCUT2D eigenvalue weighted by atomic mass is 10.2. The van der Waals surface area contributed by atoms with Crippen molar-refractivity contribution < 1.29 is 5.21 Å². The SMILES string of the molecule is NC(=NO)c1ccc(Sc2ccncn2)c(Cl)c1. The van der Waals surface area contributed by atoms with Crippen molar-refractivity contribution in [2.75, 3.05) is 0 Å². The van der Waals surface area contributed by atoms with Crippen molar-refractivity contribution in [2.24, 2.45) is 10.9 Å². The van der Waals surface area contributed by atoms with Gasteiger partial charge in [-0.3, -0.25) is 0 Å². The molecule has 0 saturated heterocycles. The lowest BCUT2D eigenvalue weighted by Crippen LogP contribution is -2.12. The van der Waals surface area contributed by atoms with E-state index in [0.29, 0.717) is 10.6 Å². The number of hydrogen-bond donors (Lipinski definition) is 2. The van der Waals surface area contributed by atoms with Crippen LogP contribution < -0.4 is 5.73 Å². The van der Waals surface area contributed by atoms with Gasteiger partial charge in [0.15, 0.2) is 5.84 Å². The Labute approximate surface area is 113 Å². The van der Waals surface area contributed by atoms with Crippen molar-refractivity contribution in [3.63, 3.8) is 0 Å². The second-order valence-electron chi connectivity index (χ2n) is 3.28. The van der Waals surface area contributed by atoms with Crippen molar-refractivity contribution in [1.29, 1.82) is 0 Å². The van der Waals surface area contributed by atoms with Gasteiger partial charge in [-0.25, -0.2) is 9.97 Å². The van der Waals surface area contributed by atoms with Crippen molar-refractivity contribution in [2.45, 2.75) is 9.92 Å². The first kappa shape index (κ1) is 12.7. The molecule has 0 spiro atoms. The van der Waals surface area contributed by atoms with E-state index in [1.807, 2.05) is 0 Å². The molecule has 0 aliphatic rings. The van der Waals surface area contributed by atoms with Crippen molar-refractivity contribution in [3.8, 4) is 0 Å². The molecule has 1 heterocycles. The molecule has 18 heavy (non-hydrogen) atoms. The summed E-state index contributed by atoms with van der Waals surface area (Å²) in [5, 5.41) is 12.8. The molecule has 0 radical (unpaired) electrons. The van der Waals surface area contributed by atoms with Crippen LogP contribution in [0.3, 0.4) is 0 Å². The first-order chi connectivity index (χ1) is 8.70. The third-order valence-electron chi connectivity index (χ3n) is 2.10. The molecule has 3 N–H and O–H groups in total. The summed E-state index contributed by atoms with van der Waals surface area (Å²) in [4.78, 5) is 8.77. The zero-order valence-electron chi connectivity index (χ0n) is 9.12. The molecule has 7 heteroatoms. The predicted octanol–water partition coefficient (Wildman–Crippen LogP) is 2.38. The molecule has 0 saturated carbocycles. The van der Waals surface area contributed by atoms with Crippen LogP contribution in [0.1, 0.15) is 5.56 Å². The summed E-state index contributed by atoms with van der Waals surface area (Å²) in [5.74, 6) is 0.0236. The number of nitrogens with zero attached hydrogens (tertiary/aromatic N) is 3. The van der Waals surface area contributed by atoms with Gasteiger partial charge in [0.25, 0.3) is 0 Å². The van der Waals surface area contributed by atoms with Crippen LogP contribution in [0.2, 0.25) is 5.02 Å². The maximum atomic E-state index is 8.58. The third kappa shape index (κ3) is 2.91. The fraction of sp³-hybridized carbons (Fsp3) is 0. The van der Waals surface area contributed by atoms with Gasteiger partial charge in [-0.15, -0.1) is 0 Å². The van der Waals surface area contributed by atoms with Gasteiger partial charge >= 0.3 is 0 Å². The van der Waals surface area contributed by atoms with Gasteiger partial charge < -0.3 is 10.9 Å². The van der Waals surface area contributed by atoms with E-state index in [0.717, 1.165) is 9.92 Å². The smallest absolute Gasteiger partial charge is 0.170 e. The van der Waals surface area contributed by atoms with E-state index in [1.54, 1.807) is 30.5 Å². The van der Waals surface area contributed by atoms with Crippen LogP contribution in [0.5, 0.6) is 0 Å². The summed E-state index contributed by atoms with van der Waals surface area (Å²) in [6.45, 7) is 0. The fourth-order valence-electron chi connectivity index (χ4n) is 1.25. The summed E-state index contributed by atoms with van der Waals surface area (Å²) in [7, 11) is 0. The Kier molecular flexibility index (Phi) is 4.01. The number of halogens is 1. The highest BCUT2D eigenvalue weighted by molar-refractivity contribution is 7.99. The monoisotopic (exact) mass is 280 g/mol. The first-order valence-electron chi connectivity index (χ1n) is 4.92. The van der Waals surface area contributed by atoms with Crippen LogP contribution in [0.15, 0.2) is 51.9 Å². The van der Waals surface area contributed by atoms with Crippen molar-refractivity contribution >= 4 is 29.2 Å². The highest BCUT2D eigenvalue weighted by Crippen LogP contribution is 2.32. The van der Waals surface area contributed by atoms with Crippen molar-refractivity contribution in [1.82, 2.24) is 9.97 Å². The molecule has 92 valence electrons. The highest BCUT2D eigenvalue weighted by atomic mass is 35.5. The molecular weight excluding hydrogens is 272 g/mol. The average molecular weight is 281 g/mol. The summed E-state index contributed by atoms with van der Waals surface area (Å²) in [6.07, 6.45) is 3.13. The molecule has 2 rings (SSSR count). The zero-order chi connectivity index (χ0) is 13.0. The Bertz CT molecular complexity index is 577. The average Bonchev–Trinajstić information content (AvgIpc) is 2.41. The van der Waals surface area contributed by atoms with Crippen LogP contribution in [-0.4, -0.2) is 21.0 Å². The molecule has 5 nitrogen and oxygen atoms in total. The minimum Gasteiger partial charge on any atom is -0.409 e. The van der Waals surface area contributed by atoms with Crippen LogP contribution in [-0.2, 0) is 0 Å². The number of benzene rings is 1. The molecule has 0 atom stereocenters. The zero-order valence-corrected chi connectivity index (χ0v) is 10.7. The first-order valence-corrected chi connectivity index (χ1v) is 6.11. The van der Waals surface area contributed by atoms with E-state index < -0.39 is 0 Å². The van der Waals surface area contributed by atoms with Gasteiger partial charge in [-0.2, -0.15) is 0 Å². The molecule has 0 aliphatic carbocycles. The minimum absolute atomic E-state index is 0.0236. The van der Waals surface area contributed by atoms with Crippen LogP contribution >= 0.6 is 23.4 Å². The third-order valence-corrected chi connectivity index (χ3v) is 3.56. The number of oxime groups is 1. The normalized spacial score (nSPS) is 11.5. The Morgan fingerprint density at radius 3 is 2.83 bits per heavy atom. The van der Waals surface area contributed by atoms with E-state index in [4.69, 9.17) is 22.5 Å². The fourth-order valence-corrected chi connectivity index (χ4v) is 2.30. The molecule has 0 bridgehead atoms. The Hall–Kier alpha value is -1.79. The molecule has 1 aromatic carbocycles. The minimum atomic E-state index is 0.0236. The number of aromatic nitrogens is 2. The number of hydrogen-bond acceptors (Lipinski definition) is 5. The maximum absolute atomic E-state index is 8.58. The Morgan fingerprint density at radius 1 is 1.39 bits per heavy atom. The predicted molar refractivity (Wildman–Crippen MR) is 70.1 cm³/mol. The summed E-state index contributed by atoms with van der Waals surface area (Å²) in [6, 6.07) is 6.95. The topological polar surface area (TPSA) is 84.4 Å². The molecule has 0 fully saturated rings. The largest absolute Gasteiger partial charge is 0.409 e. The lowest BCUT2D eigenvalue weighted by Gasteiger charge is -2.05. The molecule has 0 amide bonds. The summed E-state index contributed by atoms with van der Waals surface area (Å²) in [5.41, 5.74) is 6.04. The van der Waals surface area contributed by atoms with Gasteiger partial charge in [-0.1, -0.05) is 28.5 Å². The van der Waals surface area contributed by atoms with E-state index in [1.165, 1.54) is 18.1 Å². The summed E-state index contributed by atoms with van der Waals surface area (Å²) >= 11 is 7.54. The van der Waals surface area contributed by atoms with Gasteiger partial charge in [0.2, 0.25) is 0 Å². The second kappa shape index (κ2) is 5.70. The van der Waals surface area contributed by atoms with Gasteiger partial charge in [0.05, 0.1) is 5.02 Å². The molecule has 2 aromatic rings. The van der Waals surface area contributed by atoms with E-state index in [2.05, 4.69) is 15.1 Å².